The largest absolute Gasteiger partial charge is 0.508 e. The maximum Gasteiger partial charge on any atom is 0.119 e. The SMILES string of the molecule is Oc1cccc2c1CCN(S)C2. The van der Waals surface area contributed by atoms with Crippen LogP contribution in [0, 0.1) is 0 Å². The lowest BCUT2D eigenvalue weighted by atomic mass is 10.0. The van der Waals surface area contributed by atoms with Gasteiger partial charge in [-0.15, -0.1) is 0 Å². The van der Waals surface area contributed by atoms with Crippen LogP contribution in [0.5, 0.6) is 5.75 Å². The number of benzene rings is 1. The number of hydrogen-bond acceptors (Lipinski definition) is 3. The van der Waals surface area contributed by atoms with Gasteiger partial charge in [0.05, 0.1) is 0 Å². The third kappa shape index (κ3) is 1.30. The monoisotopic (exact) mass is 181 g/mol. The Labute approximate surface area is 77.4 Å². The van der Waals surface area contributed by atoms with Crippen LogP contribution in [0.4, 0.5) is 0 Å². The van der Waals surface area contributed by atoms with Crippen LogP contribution in [-0.4, -0.2) is 16.0 Å². The van der Waals surface area contributed by atoms with Gasteiger partial charge in [0.25, 0.3) is 0 Å². The van der Waals surface area contributed by atoms with E-state index in [-0.39, 0.29) is 0 Å². The molecule has 0 radical (unpaired) electrons. The fourth-order valence-corrected chi connectivity index (χ4v) is 1.83. The maximum atomic E-state index is 9.50. The topological polar surface area (TPSA) is 23.5 Å². The van der Waals surface area contributed by atoms with Gasteiger partial charge in [0.2, 0.25) is 0 Å². The summed E-state index contributed by atoms with van der Waals surface area (Å²) in [5.41, 5.74) is 2.28. The minimum Gasteiger partial charge on any atom is -0.508 e. The summed E-state index contributed by atoms with van der Waals surface area (Å²) < 4.78 is 1.96. The first-order chi connectivity index (χ1) is 5.77. The lowest BCUT2D eigenvalue weighted by Crippen LogP contribution is -2.22. The van der Waals surface area contributed by atoms with Gasteiger partial charge in [-0.1, -0.05) is 24.9 Å². The maximum absolute atomic E-state index is 9.50. The molecule has 2 nitrogen and oxygen atoms in total. The minimum absolute atomic E-state index is 0.425. The lowest BCUT2D eigenvalue weighted by Gasteiger charge is -2.24. The first-order valence-corrected chi connectivity index (χ1v) is 4.41. The first-order valence-electron chi connectivity index (χ1n) is 4.01. The fraction of sp³-hybridized carbons (Fsp3) is 0.333. The van der Waals surface area contributed by atoms with Gasteiger partial charge >= 0.3 is 0 Å². The Bertz CT molecular complexity index is 301. The third-order valence-corrected chi connectivity index (χ3v) is 2.56. The van der Waals surface area contributed by atoms with E-state index >= 15 is 0 Å². The second kappa shape index (κ2) is 2.99. The fourth-order valence-electron chi connectivity index (χ4n) is 1.57. The minimum atomic E-state index is 0.425. The molecular weight excluding hydrogens is 170 g/mol. The van der Waals surface area contributed by atoms with Gasteiger partial charge in [0.1, 0.15) is 5.75 Å². The molecule has 0 saturated heterocycles. The van der Waals surface area contributed by atoms with Crippen molar-refractivity contribution in [1.29, 1.82) is 0 Å². The van der Waals surface area contributed by atoms with Crippen LogP contribution < -0.4 is 0 Å². The van der Waals surface area contributed by atoms with E-state index in [0.29, 0.717) is 5.75 Å². The van der Waals surface area contributed by atoms with Crippen LogP contribution in [0.3, 0.4) is 0 Å². The molecule has 0 aliphatic carbocycles. The van der Waals surface area contributed by atoms with Crippen molar-refractivity contribution >= 4 is 12.8 Å². The Morgan fingerprint density at radius 1 is 1.42 bits per heavy atom. The van der Waals surface area contributed by atoms with Gasteiger partial charge in [0.15, 0.2) is 0 Å². The van der Waals surface area contributed by atoms with E-state index in [4.69, 9.17) is 0 Å². The van der Waals surface area contributed by atoms with Crippen molar-refractivity contribution in [3.05, 3.63) is 29.3 Å². The highest BCUT2D eigenvalue weighted by Gasteiger charge is 2.15. The highest BCUT2D eigenvalue weighted by molar-refractivity contribution is 7.77. The molecule has 1 heterocycles. The highest BCUT2D eigenvalue weighted by atomic mass is 32.1. The lowest BCUT2D eigenvalue weighted by molar-refractivity contribution is 0.422. The van der Waals surface area contributed by atoms with E-state index in [2.05, 4.69) is 12.8 Å². The average Bonchev–Trinajstić information content (AvgIpc) is 2.04. The molecular formula is C9H11NOS. The van der Waals surface area contributed by atoms with Crippen LogP contribution in [0.15, 0.2) is 18.2 Å². The van der Waals surface area contributed by atoms with E-state index in [0.717, 1.165) is 25.1 Å². The van der Waals surface area contributed by atoms with E-state index in [9.17, 15) is 5.11 Å². The molecule has 0 spiro atoms. The summed E-state index contributed by atoms with van der Waals surface area (Å²) in [6.45, 7) is 1.74. The molecule has 1 aliphatic heterocycles. The zero-order valence-corrected chi connectivity index (χ0v) is 7.59. The van der Waals surface area contributed by atoms with Crippen LogP contribution in [-0.2, 0) is 13.0 Å². The Hall–Kier alpha value is -0.670. The smallest absolute Gasteiger partial charge is 0.119 e. The molecule has 2 rings (SSSR count). The summed E-state index contributed by atoms with van der Waals surface area (Å²) >= 11 is 4.27. The zero-order valence-electron chi connectivity index (χ0n) is 6.70. The van der Waals surface area contributed by atoms with Crippen molar-refractivity contribution in [3.8, 4) is 5.75 Å². The molecule has 0 aromatic heterocycles. The quantitative estimate of drug-likeness (QED) is 0.594. The standard InChI is InChI=1S/C9H11NOS/c11-9-3-1-2-7-6-10(12)5-4-8(7)9/h1-3,11-12H,4-6H2. The number of aromatic hydroxyl groups is 1. The Morgan fingerprint density at radius 3 is 3.08 bits per heavy atom. The molecule has 1 N–H and O–H groups in total. The Balaban J connectivity index is 2.42. The Kier molecular flexibility index (Phi) is 1.98. The summed E-state index contributed by atoms with van der Waals surface area (Å²) in [6, 6.07) is 5.66. The predicted molar refractivity (Wildman–Crippen MR) is 51.2 cm³/mol. The van der Waals surface area contributed by atoms with Crippen LogP contribution in [0.2, 0.25) is 0 Å². The molecule has 0 unspecified atom stereocenters. The molecule has 0 atom stereocenters. The van der Waals surface area contributed by atoms with Gasteiger partial charge < -0.3 is 5.11 Å². The molecule has 0 saturated carbocycles. The van der Waals surface area contributed by atoms with Gasteiger partial charge in [-0.3, -0.25) is 0 Å². The zero-order chi connectivity index (χ0) is 8.55. The molecule has 3 heteroatoms. The first kappa shape index (κ1) is 7.95. The van der Waals surface area contributed by atoms with E-state index < -0.39 is 0 Å². The van der Waals surface area contributed by atoms with Gasteiger partial charge in [-0.05, 0) is 23.6 Å². The van der Waals surface area contributed by atoms with Gasteiger partial charge in [0, 0.05) is 13.1 Å². The van der Waals surface area contributed by atoms with E-state index in [1.54, 1.807) is 6.07 Å². The molecule has 0 bridgehead atoms. The number of rotatable bonds is 0. The number of nitrogens with zero attached hydrogens (tertiary/aromatic N) is 1. The van der Waals surface area contributed by atoms with Crippen molar-refractivity contribution in [2.75, 3.05) is 6.54 Å². The summed E-state index contributed by atoms with van der Waals surface area (Å²) in [4.78, 5) is 0. The number of hydrogen-bond donors (Lipinski definition) is 2. The summed E-state index contributed by atoms with van der Waals surface area (Å²) in [6.07, 6.45) is 0.894. The number of phenolic OH excluding ortho intramolecular Hbond substituents is 1. The number of fused-ring (bicyclic) bond motifs is 1. The molecule has 1 aromatic carbocycles. The predicted octanol–water partition coefficient (Wildman–Crippen LogP) is 1.60. The molecule has 0 fully saturated rings. The number of thiol groups is 1. The molecule has 0 amide bonds. The second-order valence-corrected chi connectivity index (χ2v) is 3.62. The van der Waals surface area contributed by atoms with Crippen molar-refractivity contribution < 1.29 is 5.11 Å². The van der Waals surface area contributed by atoms with Crippen molar-refractivity contribution in [1.82, 2.24) is 4.31 Å². The van der Waals surface area contributed by atoms with Crippen LogP contribution in [0.1, 0.15) is 11.1 Å². The molecule has 1 aliphatic rings. The molecule has 1 aromatic rings. The average molecular weight is 181 g/mol. The van der Waals surface area contributed by atoms with Gasteiger partial charge in [-0.2, -0.15) is 0 Å². The van der Waals surface area contributed by atoms with Crippen LogP contribution >= 0.6 is 12.8 Å². The normalized spacial score (nSPS) is 17.4. The highest BCUT2D eigenvalue weighted by Crippen LogP contribution is 2.26. The Morgan fingerprint density at radius 2 is 2.25 bits per heavy atom. The third-order valence-electron chi connectivity index (χ3n) is 2.22. The number of phenols is 1. The van der Waals surface area contributed by atoms with Crippen LogP contribution in [0.25, 0.3) is 0 Å². The van der Waals surface area contributed by atoms with E-state index in [1.807, 2.05) is 16.4 Å². The van der Waals surface area contributed by atoms with Crippen molar-refractivity contribution in [2.24, 2.45) is 0 Å². The van der Waals surface area contributed by atoms with Crippen molar-refractivity contribution in [3.63, 3.8) is 0 Å². The van der Waals surface area contributed by atoms with Gasteiger partial charge in [-0.25, -0.2) is 4.31 Å². The summed E-state index contributed by atoms with van der Waals surface area (Å²) in [7, 11) is 0. The summed E-state index contributed by atoms with van der Waals surface area (Å²) in [5.74, 6) is 0.425. The summed E-state index contributed by atoms with van der Waals surface area (Å²) in [5, 5.41) is 9.50. The molecule has 64 valence electrons. The second-order valence-electron chi connectivity index (χ2n) is 3.05. The van der Waals surface area contributed by atoms with Crippen molar-refractivity contribution in [2.45, 2.75) is 13.0 Å². The molecule has 12 heavy (non-hydrogen) atoms. The van der Waals surface area contributed by atoms with E-state index in [1.165, 1.54) is 5.56 Å².